The van der Waals surface area contributed by atoms with Gasteiger partial charge < -0.3 is 24.1 Å². The van der Waals surface area contributed by atoms with Gasteiger partial charge in [0.05, 0.1) is 11.7 Å². The second kappa shape index (κ2) is 9.31. The Labute approximate surface area is 183 Å². The van der Waals surface area contributed by atoms with Crippen LogP contribution >= 0.6 is 0 Å². The third-order valence-electron chi connectivity index (χ3n) is 4.93. The molecule has 0 spiro atoms. The molecule has 0 saturated carbocycles. The summed E-state index contributed by atoms with van der Waals surface area (Å²) in [5.74, 6) is -2.71. The number of carbonyl (C=O) groups excluding carboxylic acids is 4. The standard InChI is InChI=1S/C22H23NO9/c1-10-19(30-11(2)24)20(31-12(3)25)21(32-13(4)26)22(29-10)23-9-16-17(27)14-7-5-6-8-15(14)18(16)28/h5-10,19-22,27H,1-4H3/b23-9+/t10-,19-,20+,21+,22+/m1/s1. The zero-order valence-corrected chi connectivity index (χ0v) is 17.9. The maximum atomic E-state index is 12.6. The zero-order chi connectivity index (χ0) is 23.6. The summed E-state index contributed by atoms with van der Waals surface area (Å²) in [4.78, 5) is 51.8. The van der Waals surface area contributed by atoms with Crippen LogP contribution in [0.4, 0.5) is 0 Å². The lowest BCUT2D eigenvalue weighted by Crippen LogP contribution is -2.60. The van der Waals surface area contributed by atoms with Crippen LogP contribution in [0.1, 0.15) is 43.6 Å². The van der Waals surface area contributed by atoms with Crippen molar-refractivity contribution in [1.29, 1.82) is 0 Å². The second-order valence-corrected chi connectivity index (χ2v) is 7.37. The Balaban J connectivity index is 1.94. The molecule has 0 aromatic heterocycles. The maximum Gasteiger partial charge on any atom is 0.303 e. The quantitative estimate of drug-likeness (QED) is 0.408. The first-order chi connectivity index (χ1) is 15.1. The topological polar surface area (TPSA) is 138 Å². The average molecular weight is 445 g/mol. The van der Waals surface area contributed by atoms with Gasteiger partial charge in [0.25, 0.3) is 0 Å². The predicted molar refractivity (Wildman–Crippen MR) is 110 cm³/mol. The first-order valence-corrected chi connectivity index (χ1v) is 9.87. The molecule has 0 radical (unpaired) electrons. The smallest absolute Gasteiger partial charge is 0.303 e. The summed E-state index contributed by atoms with van der Waals surface area (Å²) in [6, 6.07) is 6.54. The zero-order valence-electron chi connectivity index (χ0n) is 17.9. The van der Waals surface area contributed by atoms with Gasteiger partial charge in [-0.05, 0) is 6.92 Å². The fraction of sp³-hybridized carbons (Fsp3) is 0.409. The van der Waals surface area contributed by atoms with E-state index in [1.54, 1.807) is 31.2 Å². The highest BCUT2D eigenvalue weighted by Gasteiger charge is 2.50. The van der Waals surface area contributed by atoms with Gasteiger partial charge in [-0.25, -0.2) is 0 Å². The fourth-order valence-electron chi connectivity index (χ4n) is 3.66. The summed E-state index contributed by atoms with van der Waals surface area (Å²) < 4.78 is 21.6. The van der Waals surface area contributed by atoms with Crippen LogP contribution in [0.5, 0.6) is 0 Å². The Morgan fingerprint density at radius 2 is 1.47 bits per heavy atom. The van der Waals surface area contributed by atoms with Crippen LogP contribution in [0.3, 0.4) is 0 Å². The highest BCUT2D eigenvalue weighted by Crippen LogP contribution is 2.32. The lowest BCUT2D eigenvalue weighted by Gasteiger charge is -2.42. The van der Waals surface area contributed by atoms with E-state index in [9.17, 15) is 24.3 Å². The van der Waals surface area contributed by atoms with Gasteiger partial charge in [0.1, 0.15) is 5.76 Å². The van der Waals surface area contributed by atoms with Crippen molar-refractivity contribution in [1.82, 2.24) is 0 Å². The SMILES string of the molecule is CC(=O)O[C@H]1[C@H](OC(C)=O)[C@@H](C)O[C@H](/N=C/C2=C(O)c3ccccc3C2=O)[C@H]1OC(C)=O. The van der Waals surface area contributed by atoms with E-state index in [-0.39, 0.29) is 11.3 Å². The summed E-state index contributed by atoms with van der Waals surface area (Å²) in [5.41, 5.74) is 0.643. The van der Waals surface area contributed by atoms with E-state index >= 15 is 0 Å². The minimum atomic E-state index is -1.27. The molecule has 1 heterocycles. The van der Waals surface area contributed by atoms with E-state index in [2.05, 4.69) is 4.99 Å². The van der Waals surface area contributed by atoms with Gasteiger partial charge in [0.15, 0.2) is 30.3 Å². The molecular weight excluding hydrogens is 422 g/mol. The van der Waals surface area contributed by atoms with Crippen molar-refractivity contribution in [3.63, 3.8) is 0 Å². The average Bonchev–Trinajstić information content (AvgIpc) is 2.95. The highest BCUT2D eigenvalue weighted by atomic mass is 16.6. The molecule has 1 aliphatic carbocycles. The predicted octanol–water partition coefficient (Wildman–Crippen LogP) is 1.76. The molecule has 5 atom stereocenters. The maximum absolute atomic E-state index is 12.6. The Kier molecular flexibility index (Phi) is 6.73. The Morgan fingerprint density at radius 1 is 0.938 bits per heavy atom. The number of allylic oxidation sites excluding steroid dienone is 1. The van der Waals surface area contributed by atoms with Crippen molar-refractivity contribution >= 4 is 35.7 Å². The number of carbonyl (C=O) groups is 4. The third-order valence-corrected chi connectivity index (χ3v) is 4.93. The number of fused-ring (bicyclic) bond motifs is 1. The van der Waals surface area contributed by atoms with Crippen LogP contribution in [0.25, 0.3) is 5.76 Å². The molecule has 2 aliphatic rings. The number of esters is 3. The van der Waals surface area contributed by atoms with E-state index in [4.69, 9.17) is 18.9 Å². The van der Waals surface area contributed by atoms with Gasteiger partial charge in [-0.2, -0.15) is 0 Å². The Morgan fingerprint density at radius 3 is 2.03 bits per heavy atom. The minimum absolute atomic E-state index is 0.0600. The molecule has 3 rings (SSSR count). The van der Waals surface area contributed by atoms with Crippen LogP contribution in [0, 0.1) is 0 Å². The summed E-state index contributed by atoms with van der Waals surface area (Å²) in [7, 11) is 0. The fourth-order valence-corrected chi connectivity index (χ4v) is 3.66. The normalized spacial score (nSPS) is 27.2. The van der Waals surface area contributed by atoms with Crippen molar-refractivity contribution in [3.8, 4) is 0 Å². The molecule has 1 aliphatic heterocycles. The van der Waals surface area contributed by atoms with Crippen LogP contribution in [-0.2, 0) is 33.3 Å². The van der Waals surface area contributed by atoms with Crippen molar-refractivity contribution in [2.24, 2.45) is 4.99 Å². The summed E-state index contributed by atoms with van der Waals surface area (Å²) in [5, 5.41) is 10.4. The molecule has 0 unspecified atom stereocenters. The number of hydrogen-bond acceptors (Lipinski definition) is 10. The number of benzene rings is 1. The van der Waals surface area contributed by atoms with Gasteiger partial charge in [-0.3, -0.25) is 24.2 Å². The number of aliphatic hydroxyl groups is 1. The summed E-state index contributed by atoms with van der Waals surface area (Å²) >= 11 is 0. The number of nitrogens with zero attached hydrogens (tertiary/aromatic N) is 1. The largest absolute Gasteiger partial charge is 0.506 e. The summed E-state index contributed by atoms with van der Waals surface area (Å²) in [6.07, 6.45) is -4.40. The van der Waals surface area contributed by atoms with Gasteiger partial charge in [-0.15, -0.1) is 0 Å². The third kappa shape index (κ3) is 4.70. The van der Waals surface area contributed by atoms with E-state index in [0.717, 1.165) is 20.1 Å². The number of aliphatic imine (C=N–C) groups is 1. The second-order valence-electron chi connectivity index (χ2n) is 7.37. The van der Waals surface area contributed by atoms with Crippen LogP contribution in [0.2, 0.25) is 0 Å². The molecule has 10 nitrogen and oxygen atoms in total. The number of rotatable bonds is 5. The number of aliphatic hydroxyl groups excluding tert-OH is 1. The Hall–Kier alpha value is -3.53. The molecule has 0 bridgehead atoms. The number of Topliss-reactive ketones (excluding diaryl/α,β-unsaturated/α-hetero) is 1. The molecule has 1 aromatic carbocycles. The molecule has 170 valence electrons. The van der Waals surface area contributed by atoms with Crippen molar-refractivity contribution in [3.05, 3.63) is 41.0 Å². The lowest BCUT2D eigenvalue weighted by atomic mass is 9.98. The Bertz CT molecular complexity index is 1010. The summed E-state index contributed by atoms with van der Waals surface area (Å²) in [6.45, 7) is 5.06. The molecule has 0 amide bonds. The van der Waals surface area contributed by atoms with Gasteiger partial charge in [-0.1, -0.05) is 24.3 Å². The molecule has 1 saturated heterocycles. The molecule has 32 heavy (non-hydrogen) atoms. The van der Waals surface area contributed by atoms with Gasteiger partial charge >= 0.3 is 17.9 Å². The first kappa shape index (κ1) is 23.1. The molecule has 10 heteroatoms. The first-order valence-electron chi connectivity index (χ1n) is 9.87. The monoisotopic (exact) mass is 445 g/mol. The number of ether oxygens (including phenoxy) is 4. The van der Waals surface area contributed by atoms with E-state index < -0.39 is 54.3 Å². The molecule has 1 aromatic rings. The number of ketones is 1. The number of hydrogen-bond donors (Lipinski definition) is 1. The van der Waals surface area contributed by atoms with Gasteiger partial charge in [0, 0.05) is 38.1 Å². The van der Waals surface area contributed by atoms with Gasteiger partial charge in [0.2, 0.25) is 0 Å². The van der Waals surface area contributed by atoms with Crippen molar-refractivity contribution in [2.45, 2.75) is 58.3 Å². The van der Waals surface area contributed by atoms with E-state index in [1.165, 1.54) is 6.92 Å². The lowest BCUT2D eigenvalue weighted by molar-refractivity contribution is -0.242. The van der Waals surface area contributed by atoms with Crippen LogP contribution in [0.15, 0.2) is 34.8 Å². The molecule has 1 N–H and O–H groups in total. The van der Waals surface area contributed by atoms with Crippen molar-refractivity contribution in [2.75, 3.05) is 0 Å². The molecule has 1 fully saturated rings. The highest BCUT2D eigenvalue weighted by molar-refractivity contribution is 6.30. The van der Waals surface area contributed by atoms with Crippen LogP contribution in [-0.4, -0.2) is 65.7 Å². The van der Waals surface area contributed by atoms with Crippen LogP contribution < -0.4 is 0 Å². The molecular formula is C22H23NO9. The van der Waals surface area contributed by atoms with E-state index in [1.807, 2.05) is 0 Å². The van der Waals surface area contributed by atoms with Crippen molar-refractivity contribution < 1.29 is 43.2 Å². The van der Waals surface area contributed by atoms with E-state index in [0.29, 0.717) is 11.1 Å². The minimum Gasteiger partial charge on any atom is -0.506 e.